The summed E-state index contributed by atoms with van der Waals surface area (Å²) in [5, 5.41) is 0. The van der Waals surface area contributed by atoms with E-state index in [9.17, 15) is 17.6 Å². The van der Waals surface area contributed by atoms with Crippen molar-refractivity contribution >= 4 is 0 Å². The molecule has 2 unspecified atom stereocenters. The van der Waals surface area contributed by atoms with Crippen LogP contribution in [-0.2, 0) is 6.18 Å². The van der Waals surface area contributed by atoms with Crippen molar-refractivity contribution in [1.82, 2.24) is 4.90 Å². The van der Waals surface area contributed by atoms with E-state index in [4.69, 9.17) is 5.73 Å². The first-order valence-corrected chi connectivity index (χ1v) is 6.61. The summed E-state index contributed by atoms with van der Waals surface area (Å²) in [5.41, 5.74) is 5.13. The first kappa shape index (κ1) is 15.3. The Hall–Kier alpha value is -1.14. The van der Waals surface area contributed by atoms with Crippen LogP contribution in [0.2, 0.25) is 0 Å². The van der Waals surface area contributed by atoms with E-state index in [-0.39, 0.29) is 12.0 Å². The fourth-order valence-corrected chi connectivity index (χ4v) is 2.98. The van der Waals surface area contributed by atoms with Crippen molar-refractivity contribution in [2.45, 2.75) is 25.1 Å². The lowest BCUT2D eigenvalue weighted by Crippen LogP contribution is -2.39. The lowest BCUT2D eigenvalue weighted by atomic mass is 9.84. The first-order valence-electron chi connectivity index (χ1n) is 6.61. The number of hydrogen-bond acceptors (Lipinski definition) is 2. The van der Waals surface area contributed by atoms with Gasteiger partial charge in [-0.2, -0.15) is 13.2 Å². The van der Waals surface area contributed by atoms with Crippen molar-refractivity contribution in [3.05, 3.63) is 35.1 Å². The van der Waals surface area contributed by atoms with Gasteiger partial charge in [0.25, 0.3) is 0 Å². The smallest absolute Gasteiger partial charge is 0.330 e. The molecule has 112 valence electrons. The molecule has 0 radical (unpaired) electrons. The van der Waals surface area contributed by atoms with Gasteiger partial charge >= 0.3 is 6.18 Å². The van der Waals surface area contributed by atoms with Crippen LogP contribution in [0, 0.1) is 11.7 Å². The molecule has 0 aromatic heterocycles. The minimum absolute atomic E-state index is 0.0524. The molecule has 1 aromatic carbocycles. The molecule has 2 atom stereocenters. The Balaban J connectivity index is 2.42. The van der Waals surface area contributed by atoms with Crippen LogP contribution in [0.15, 0.2) is 18.2 Å². The van der Waals surface area contributed by atoms with E-state index in [1.807, 2.05) is 11.9 Å². The third-order valence-electron chi connectivity index (χ3n) is 3.90. The zero-order valence-corrected chi connectivity index (χ0v) is 11.3. The van der Waals surface area contributed by atoms with Gasteiger partial charge in [-0.15, -0.1) is 0 Å². The second-order valence-corrected chi connectivity index (χ2v) is 5.33. The molecule has 2 nitrogen and oxygen atoms in total. The van der Waals surface area contributed by atoms with Gasteiger partial charge in [0.1, 0.15) is 5.82 Å². The molecule has 0 aliphatic carbocycles. The third-order valence-corrected chi connectivity index (χ3v) is 3.90. The first-order chi connectivity index (χ1) is 9.32. The third kappa shape index (κ3) is 3.12. The largest absolute Gasteiger partial charge is 0.416 e. The molecular weight excluding hydrogens is 272 g/mol. The van der Waals surface area contributed by atoms with Gasteiger partial charge in [0, 0.05) is 6.04 Å². The quantitative estimate of drug-likeness (QED) is 0.848. The van der Waals surface area contributed by atoms with Gasteiger partial charge in [-0.05, 0) is 62.7 Å². The van der Waals surface area contributed by atoms with Gasteiger partial charge in [0.2, 0.25) is 0 Å². The Kier molecular flexibility index (Phi) is 4.34. The molecule has 0 saturated carbocycles. The van der Waals surface area contributed by atoms with Crippen molar-refractivity contribution in [3.8, 4) is 0 Å². The van der Waals surface area contributed by atoms with Crippen LogP contribution in [-0.4, -0.2) is 25.0 Å². The number of nitrogens with zero attached hydrogens (tertiary/aromatic N) is 1. The van der Waals surface area contributed by atoms with Gasteiger partial charge in [0.05, 0.1) is 5.56 Å². The summed E-state index contributed by atoms with van der Waals surface area (Å²) < 4.78 is 51.9. The van der Waals surface area contributed by atoms with Crippen molar-refractivity contribution < 1.29 is 17.6 Å². The van der Waals surface area contributed by atoms with Crippen LogP contribution >= 0.6 is 0 Å². The number of nitrogens with two attached hydrogens (primary N) is 1. The van der Waals surface area contributed by atoms with Crippen molar-refractivity contribution in [2.75, 3.05) is 20.1 Å². The van der Waals surface area contributed by atoms with Crippen LogP contribution in [0.25, 0.3) is 0 Å². The molecule has 0 spiro atoms. The Morgan fingerprint density at radius 2 is 2.00 bits per heavy atom. The highest BCUT2D eigenvalue weighted by Gasteiger charge is 2.35. The summed E-state index contributed by atoms with van der Waals surface area (Å²) in [6.45, 7) is 1.16. The van der Waals surface area contributed by atoms with Crippen LogP contribution < -0.4 is 5.73 Å². The normalized spacial score (nSPS) is 24.9. The summed E-state index contributed by atoms with van der Waals surface area (Å²) in [6, 6.07) is 2.50. The Labute approximate surface area is 115 Å². The van der Waals surface area contributed by atoms with Gasteiger partial charge in [-0.25, -0.2) is 4.39 Å². The maximum Gasteiger partial charge on any atom is 0.416 e. The Bertz CT molecular complexity index is 473. The van der Waals surface area contributed by atoms with E-state index < -0.39 is 17.6 Å². The van der Waals surface area contributed by atoms with Crippen LogP contribution in [0.1, 0.15) is 30.0 Å². The molecule has 1 fully saturated rings. The second kappa shape index (κ2) is 5.69. The lowest BCUT2D eigenvalue weighted by Gasteiger charge is -2.39. The highest BCUT2D eigenvalue weighted by atomic mass is 19.4. The van der Waals surface area contributed by atoms with E-state index >= 15 is 0 Å². The highest BCUT2D eigenvalue weighted by Crippen LogP contribution is 2.38. The molecule has 6 heteroatoms. The fraction of sp³-hybridized carbons (Fsp3) is 0.571. The fourth-order valence-electron chi connectivity index (χ4n) is 2.98. The van der Waals surface area contributed by atoms with Gasteiger partial charge in [-0.3, -0.25) is 4.90 Å². The maximum absolute atomic E-state index is 13.5. The number of benzene rings is 1. The second-order valence-electron chi connectivity index (χ2n) is 5.33. The molecule has 2 N–H and O–H groups in total. The Morgan fingerprint density at radius 1 is 1.30 bits per heavy atom. The van der Waals surface area contributed by atoms with Crippen LogP contribution in [0.4, 0.5) is 17.6 Å². The molecule has 20 heavy (non-hydrogen) atoms. The average molecular weight is 290 g/mol. The predicted octanol–water partition coefficient (Wildman–Crippen LogP) is 3.19. The molecule has 1 aliphatic rings. The van der Waals surface area contributed by atoms with Gasteiger partial charge in [-0.1, -0.05) is 0 Å². The average Bonchev–Trinajstić information content (AvgIpc) is 2.36. The molecule has 0 amide bonds. The number of likely N-dealkylation sites (tertiary alicyclic amines) is 1. The Morgan fingerprint density at radius 3 is 2.60 bits per heavy atom. The SMILES string of the molecule is CN1CCCC(CN)C1c1cc(F)cc(C(F)(F)F)c1. The van der Waals surface area contributed by atoms with Crippen molar-refractivity contribution in [1.29, 1.82) is 0 Å². The van der Waals surface area contributed by atoms with Crippen LogP contribution in [0.3, 0.4) is 0 Å². The molecule has 1 heterocycles. The lowest BCUT2D eigenvalue weighted by molar-refractivity contribution is -0.137. The number of alkyl halides is 3. The van der Waals surface area contributed by atoms with E-state index in [1.54, 1.807) is 0 Å². The van der Waals surface area contributed by atoms with Gasteiger partial charge in [0.15, 0.2) is 0 Å². The molecular formula is C14H18F4N2. The van der Waals surface area contributed by atoms with E-state index in [1.165, 1.54) is 6.07 Å². The molecule has 1 aromatic rings. The summed E-state index contributed by atoms with van der Waals surface area (Å²) in [6.07, 6.45) is -2.73. The standard InChI is InChI=1S/C14H18F4N2/c1-20-4-2-3-9(8-19)13(20)10-5-11(14(16,17)18)7-12(15)6-10/h5-7,9,13H,2-4,8,19H2,1H3. The minimum Gasteiger partial charge on any atom is -0.330 e. The van der Waals surface area contributed by atoms with Gasteiger partial charge < -0.3 is 5.73 Å². The molecule has 2 rings (SSSR count). The van der Waals surface area contributed by atoms with Crippen molar-refractivity contribution in [3.63, 3.8) is 0 Å². The van der Waals surface area contributed by atoms with Crippen molar-refractivity contribution in [2.24, 2.45) is 11.7 Å². The topological polar surface area (TPSA) is 29.3 Å². The summed E-state index contributed by atoms with van der Waals surface area (Å²) in [5.74, 6) is -0.804. The zero-order valence-electron chi connectivity index (χ0n) is 11.3. The minimum atomic E-state index is -4.54. The van der Waals surface area contributed by atoms with E-state index in [2.05, 4.69) is 0 Å². The zero-order chi connectivity index (χ0) is 14.9. The number of halogens is 4. The van der Waals surface area contributed by atoms with E-state index in [0.717, 1.165) is 25.5 Å². The summed E-state index contributed by atoms with van der Waals surface area (Å²) in [4.78, 5) is 1.95. The molecule has 1 saturated heterocycles. The predicted molar refractivity (Wildman–Crippen MR) is 68.6 cm³/mol. The number of rotatable bonds is 2. The summed E-state index contributed by atoms with van der Waals surface area (Å²) in [7, 11) is 1.84. The number of piperidine rings is 1. The molecule has 1 aliphatic heterocycles. The maximum atomic E-state index is 13.5. The highest BCUT2D eigenvalue weighted by molar-refractivity contribution is 5.30. The number of hydrogen-bond donors (Lipinski definition) is 1. The van der Waals surface area contributed by atoms with Crippen LogP contribution in [0.5, 0.6) is 0 Å². The van der Waals surface area contributed by atoms with E-state index in [0.29, 0.717) is 18.2 Å². The summed E-state index contributed by atoms with van der Waals surface area (Å²) >= 11 is 0. The molecule has 0 bridgehead atoms. The monoisotopic (exact) mass is 290 g/mol.